The Morgan fingerprint density at radius 1 is 1.40 bits per heavy atom. The van der Waals surface area contributed by atoms with E-state index < -0.39 is 6.09 Å². The number of fused-ring (bicyclic) bond motifs is 2. The van der Waals surface area contributed by atoms with Crippen LogP contribution in [0.25, 0.3) is 0 Å². The smallest absolute Gasteiger partial charge is 0.404 e. The molecule has 15 heavy (non-hydrogen) atoms. The van der Waals surface area contributed by atoms with Crippen LogP contribution in [0.5, 0.6) is 0 Å². The van der Waals surface area contributed by atoms with Crippen LogP contribution in [0.15, 0.2) is 11.6 Å². The summed E-state index contributed by atoms with van der Waals surface area (Å²) in [5.74, 6) is 3.05. The van der Waals surface area contributed by atoms with Gasteiger partial charge in [-0.3, -0.25) is 0 Å². The number of rotatable bonds is 2. The lowest BCUT2D eigenvalue weighted by atomic mass is 10.0. The standard InChI is InChI=1S/C12H17NO2/c13-12(14)15-6-11-9-3-1-7-5-8(7)2-4-10(9)11/h5,7,9-11H,1-4,6H2,(H2,13,14)/t7?,9?,10?,11-/m1/s1. The number of hydrogen-bond acceptors (Lipinski definition) is 2. The fourth-order valence-corrected chi connectivity index (χ4v) is 3.26. The van der Waals surface area contributed by atoms with E-state index in [-0.39, 0.29) is 0 Å². The Hall–Kier alpha value is -0.990. The highest BCUT2D eigenvalue weighted by Crippen LogP contribution is 2.56. The van der Waals surface area contributed by atoms with Crippen LogP contribution in [-0.2, 0) is 4.74 Å². The van der Waals surface area contributed by atoms with Crippen LogP contribution in [-0.4, -0.2) is 12.7 Å². The zero-order valence-electron chi connectivity index (χ0n) is 8.82. The van der Waals surface area contributed by atoms with Gasteiger partial charge in [0.25, 0.3) is 0 Å². The lowest BCUT2D eigenvalue weighted by molar-refractivity contribution is 0.147. The van der Waals surface area contributed by atoms with E-state index >= 15 is 0 Å². The van der Waals surface area contributed by atoms with Crippen molar-refractivity contribution in [3.63, 3.8) is 0 Å². The molecule has 82 valence electrons. The molecule has 3 aliphatic rings. The van der Waals surface area contributed by atoms with Crippen LogP contribution >= 0.6 is 0 Å². The van der Waals surface area contributed by atoms with E-state index in [1.54, 1.807) is 5.57 Å². The first-order valence-electron chi connectivity index (χ1n) is 5.88. The normalized spacial score (nSPS) is 41.5. The molecular formula is C12H17NO2. The molecule has 3 unspecified atom stereocenters. The lowest BCUT2D eigenvalue weighted by Crippen LogP contribution is -2.15. The minimum Gasteiger partial charge on any atom is -0.449 e. The van der Waals surface area contributed by atoms with Crippen LogP contribution in [0.2, 0.25) is 0 Å². The zero-order chi connectivity index (χ0) is 10.4. The first-order chi connectivity index (χ1) is 7.25. The topological polar surface area (TPSA) is 52.3 Å². The highest BCUT2D eigenvalue weighted by atomic mass is 16.5. The van der Waals surface area contributed by atoms with E-state index in [4.69, 9.17) is 10.5 Å². The number of hydrogen-bond donors (Lipinski definition) is 1. The van der Waals surface area contributed by atoms with Crippen LogP contribution in [0.1, 0.15) is 25.7 Å². The van der Waals surface area contributed by atoms with Gasteiger partial charge in [-0.2, -0.15) is 0 Å². The van der Waals surface area contributed by atoms with Crippen LogP contribution in [0.4, 0.5) is 4.79 Å². The molecule has 1 amide bonds. The molecule has 0 aromatic heterocycles. The Bertz CT molecular complexity index is 324. The van der Waals surface area contributed by atoms with Crippen molar-refractivity contribution in [3.05, 3.63) is 11.6 Å². The summed E-state index contributed by atoms with van der Waals surface area (Å²) in [6.07, 6.45) is 6.99. The Labute approximate surface area is 89.7 Å². The summed E-state index contributed by atoms with van der Waals surface area (Å²) >= 11 is 0. The van der Waals surface area contributed by atoms with Crippen molar-refractivity contribution in [1.82, 2.24) is 0 Å². The van der Waals surface area contributed by atoms with Gasteiger partial charge in [0.1, 0.15) is 0 Å². The molecule has 3 nitrogen and oxygen atoms in total. The molecule has 0 aromatic carbocycles. The summed E-state index contributed by atoms with van der Waals surface area (Å²) in [7, 11) is 0. The maximum absolute atomic E-state index is 10.5. The van der Waals surface area contributed by atoms with Gasteiger partial charge in [-0.1, -0.05) is 11.6 Å². The van der Waals surface area contributed by atoms with Crippen molar-refractivity contribution >= 4 is 6.09 Å². The second-order valence-electron chi connectivity index (χ2n) is 5.09. The van der Waals surface area contributed by atoms with Crippen molar-refractivity contribution < 1.29 is 9.53 Å². The first-order valence-corrected chi connectivity index (χ1v) is 5.88. The van der Waals surface area contributed by atoms with E-state index in [1.807, 2.05) is 0 Å². The first kappa shape index (κ1) is 9.25. The Kier molecular flexibility index (Phi) is 2.01. The van der Waals surface area contributed by atoms with Crippen molar-refractivity contribution in [2.75, 3.05) is 6.61 Å². The predicted octanol–water partition coefficient (Wildman–Crippen LogP) is 2.07. The number of amides is 1. The lowest BCUT2D eigenvalue weighted by Gasteiger charge is -2.04. The summed E-state index contributed by atoms with van der Waals surface area (Å²) in [5, 5.41) is 0. The molecule has 2 saturated carbocycles. The zero-order valence-corrected chi connectivity index (χ0v) is 8.82. The molecule has 0 bridgehead atoms. The SMILES string of the molecule is NC(=O)OC[C@H]1C2CCC3=CC3CCC21. The Balaban J connectivity index is 1.52. The van der Waals surface area contributed by atoms with Gasteiger partial charge in [-0.15, -0.1) is 0 Å². The highest BCUT2D eigenvalue weighted by Gasteiger charge is 2.51. The number of carbonyl (C=O) groups is 1. The molecule has 0 aromatic rings. The molecule has 3 aliphatic carbocycles. The number of ether oxygens (including phenoxy) is 1. The average molecular weight is 207 g/mol. The molecule has 0 radical (unpaired) electrons. The second kappa shape index (κ2) is 3.26. The second-order valence-corrected chi connectivity index (χ2v) is 5.09. The Morgan fingerprint density at radius 3 is 3.00 bits per heavy atom. The fourth-order valence-electron chi connectivity index (χ4n) is 3.26. The molecule has 0 saturated heterocycles. The molecule has 0 spiro atoms. The predicted molar refractivity (Wildman–Crippen MR) is 56.0 cm³/mol. The van der Waals surface area contributed by atoms with Gasteiger partial charge in [0.15, 0.2) is 0 Å². The number of allylic oxidation sites excluding steroid dienone is 2. The summed E-state index contributed by atoms with van der Waals surface area (Å²) in [6.45, 7) is 0.550. The Morgan fingerprint density at radius 2 is 2.20 bits per heavy atom. The van der Waals surface area contributed by atoms with Gasteiger partial charge < -0.3 is 10.5 Å². The number of nitrogens with two attached hydrogens (primary N) is 1. The highest BCUT2D eigenvalue weighted by molar-refractivity contribution is 5.64. The van der Waals surface area contributed by atoms with E-state index in [1.165, 1.54) is 25.7 Å². The molecule has 4 atom stereocenters. The van der Waals surface area contributed by atoms with Crippen molar-refractivity contribution in [3.8, 4) is 0 Å². The summed E-state index contributed by atoms with van der Waals surface area (Å²) in [5.41, 5.74) is 6.65. The van der Waals surface area contributed by atoms with Crippen LogP contribution in [0, 0.1) is 23.7 Å². The third kappa shape index (κ3) is 1.75. The maximum atomic E-state index is 10.5. The minimum absolute atomic E-state index is 0.550. The van der Waals surface area contributed by atoms with E-state index in [2.05, 4.69) is 6.08 Å². The monoisotopic (exact) mass is 207 g/mol. The van der Waals surface area contributed by atoms with Gasteiger partial charge in [-0.25, -0.2) is 4.79 Å². The van der Waals surface area contributed by atoms with Crippen molar-refractivity contribution in [2.45, 2.75) is 25.7 Å². The third-order valence-corrected chi connectivity index (χ3v) is 4.29. The van der Waals surface area contributed by atoms with Gasteiger partial charge in [-0.05, 0) is 49.4 Å². The molecule has 2 N–H and O–H groups in total. The summed E-state index contributed by atoms with van der Waals surface area (Å²) < 4.78 is 4.90. The quantitative estimate of drug-likeness (QED) is 0.705. The van der Waals surface area contributed by atoms with E-state index in [9.17, 15) is 4.79 Å². The van der Waals surface area contributed by atoms with Gasteiger partial charge in [0.05, 0.1) is 6.61 Å². The van der Waals surface area contributed by atoms with Gasteiger partial charge in [0.2, 0.25) is 0 Å². The molecule has 2 fully saturated rings. The van der Waals surface area contributed by atoms with E-state index in [0.29, 0.717) is 12.5 Å². The number of carbonyl (C=O) groups excluding carboxylic acids is 1. The van der Waals surface area contributed by atoms with Gasteiger partial charge in [0, 0.05) is 0 Å². The summed E-state index contributed by atoms with van der Waals surface area (Å²) in [6, 6.07) is 0. The molecule has 0 heterocycles. The minimum atomic E-state index is -0.625. The molecule has 0 aliphatic heterocycles. The van der Waals surface area contributed by atoms with Crippen LogP contribution < -0.4 is 5.73 Å². The fraction of sp³-hybridized carbons (Fsp3) is 0.750. The third-order valence-electron chi connectivity index (χ3n) is 4.29. The van der Waals surface area contributed by atoms with Crippen molar-refractivity contribution in [1.29, 1.82) is 0 Å². The van der Waals surface area contributed by atoms with Crippen LogP contribution in [0.3, 0.4) is 0 Å². The average Bonchev–Trinajstić information content (AvgIpc) is 3.01. The van der Waals surface area contributed by atoms with Crippen molar-refractivity contribution in [2.24, 2.45) is 29.4 Å². The van der Waals surface area contributed by atoms with E-state index in [0.717, 1.165) is 17.8 Å². The maximum Gasteiger partial charge on any atom is 0.404 e. The molecular weight excluding hydrogens is 190 g/mol. The van der Waals surface area contributed by atoms with Gasteiger partial charge >= 0.3 is 6.09 Å². The molecule has 3 rings (SSSR count). The largest absolute Gasteiger partial charge is 0.449 e. The molecule has 3 heteroatoms. The number of primary amides is 1. The summed E-state index contributed by atoms with van der Waals surface area (Å²) in [4.78, 5) is 10.5.